The molecule has 11 heavy (non-hydrogen) atoms. The maximum atomic E-state index is 2.30. The van der Waals surface area contributed by atoms with Crippen LogP contribution in [0.4, 0.5) is 0 Å². The van der Waals surface area contributed by atoms with Gasteiger partial charge in [0.2, 0.25) is 0 Å². The van der Waals surface area contributed by atoms with Gasteiger partial charge in [0.25, 0.3) is 0 Å². The fourth-order valence-electron chi connectivity index (χ4n) is 1.10. The predicted octanol–water partition coefficient (Wildman–Crippen LogP) is 2.71. The zero-order valence-corrected chi connectivity index (χ0v) is 8.84. The van der Waals surface area contributed by atoms with Crippen LogP contribution < -0.4 is 0 Å². The van der Waals surface area contributed by atoms with Crippen LogP contribution in [0.5, 0.6) is 0 Å². The molecular formula is C10H14Se. The topological polar surface area (TPSA) is 0 Å². The normalized spacial score (nSPS) is 10.0. The van der Waals surface area contributed by atoms with Crippen molar-refractivity contribution in [2.75, 3.05) is 0 Å². The molecule has 1 aromatic carbocycles. The van der Waals surface area contributed by atoms with Crippen LogP contribution in [0.2, 0.25) is 11.1 Å². The van der Waals surface area contributed by atoms with Crippen LogP contribution in [0, 0.1) is 6.92 Å². The predicted molar refractivity (Wildman–Crippen MR) is 51.3 cm³/mol. The summed E-state index contributed by atoms with van der Waals surface area (Å²) >= 11 is 0.822. The van der Waals surface area contributed by atoms with Gasteiger partial charge >= 0.3 is 74.8 Å². The summed E-state index contributed by atoms with van der Waals surface area (Å²) in [4.78, 5) is 0. The summed E-state index contributed by atoms with van der Waals surface area (Å²) in [6.07, 6.45) is 1.27. The number of hydrogen-bond donors (Lipinski definition) is 0. The first kappa shape index (κ1) is 8.83. The Hall–Kier alpha value is -0.261. The number of hydrogen-bond acceptors (Lipinski definition) is 0. The minimum absolute atomic E-state index is 0.822. The van der Waals surface area contributed by atoms with E-state index in [1.807, 2.05) is 0 Å². The van der Waals surface area contributed by atoms with Crippen molar-refractivity contribution in [2.24, 2.45) is 0 Å². The molecule has 0 nitrogen and oxygen atoms in total. The van der Waals surface area contributed by atoms with Gasteiger partial charge in [-0.2, -0.15) is 0 Å². The Bertz CT molecular complexity index is 218. The number of benzene rings is 1. The third-order valence-electron chi connectivity index (χ3n) is 1.84. The zero-order chi connectivity index (χ0) is 8.10. The fourth-order valence-corrected chi connectivity index (χ4v) is 1.99. The first-order valence-corrected chi connectivity index (χ1v) is 6.80. The molecule has 1 heteroatoms. The van der Waals surface area contributed by atoms with E-state index < -0.39 is 0 Å². The van der Waals surface area contributed by atoms with Gasteiger partial charge in [0.1, 0.15) is 0 Å². The van der Waals surface area contributed by atoms with E-state index in [2.05, 4.69) is 37.0 Å². The Morgan fingerprint density at radius 2 is 2.00 bits per heavy atom. The van der Waals surface area contributed by atoms with Crippen molar-refractivity contribution < 1.29 is 0 Å². The van der Waals surface area contributed by atoms with Gasteiger partial charge in [0.15, 0.2) is 0 Å². The second-order valence-electron chi connectivity index (χ2n) is 2.67. The van der Waals surface area contributed by atoms with Crippen LogP contribution in [0.1, 0.15) is 11.1 Å². The van der Waals surface area contributed by atoms with Gasteiger partial charge in [-0.25, -0.2) is 0 Å². The van der Waals surface area contributed by atoms with Gasteiger partial charge in [-0.05, 0) is 0 Å². The van der Waals surface area contributed by atoms with E-state index in [9.17, 15) is 0 Å². The van der Waals surface area contributed by atoms with Gasteiger partial charge in [-0.3, -0.25) is 0 Å². The number of aryl methyl sites for hydroxylation is 2. The summed E-state index contributed by atoms with van der Waals surface area (Å²) in [5, 5.41) is 1.37. The van der Waals surface area contributed by atoms with Crippen LogP contribution in [-0.2, 0) is 6.42 Å². The molecule has 1 rings (SSSR count). The maximum absolute atomic E-state index is 2.30. The number of rotatable bonds is 3. The average molecular weight is 213 g/mol. The summed E-state index contributed by atoms with van der Waals surface area (Å²) in [6, 6.07) is 8.67. The standard InChI is InChI=1S/C10H14Se/c1-9-5-3-4-6-10(9)7-8-11-2/h3-6H,7-8H2,1-2H3. The molecule has 0 N–H and O–H groups in total. The monoisotopic (exact) mass is 214 g/mol. The van der Waals surface area contributed by atoms with E-state index in [0.29, 0.717) is 0 Å². The van der Waals surface area contributed by atoms with Crippen molar-refractivity contribution >= 4 is 15.0 Å². The molecule has 0 atom stereocenters. The zero-order valence-electron chi connectivity index (χ0n) is 7.13. The van der Waals surface area contributed by atoms with Crippen LogP contribution in [-0.4, -0.2) is 15.0 Å². The summed E-state index contributed by atoms with van der Waals surface area (Å²) < 4.78 is 0. The summed E-state index contributed by atoms with van der Waals surface area (Å²) in [6.45, 7) is 2.19. The van der Waals surface area contributed by atoms with E-state index in [1.165, 1.54) is 22.9 Å². The second-order valence-corrected chi connectivity index (χ2v) is 4.74. The molecule has 1 aromatic rings. The fraction of sp³-hybridized carbons (Fsp3) is 0.400. The Kier molecular flexibility index (Phi) is 3.68. The Labute approximate surface area is 75.2 Å². The van der Waals surface area contributed by atoms with E-state index in [-0.39, 0.29) is 0 Å². The SMILES string of the molecule is C[Se]CCc1ccccc1C. The Morgan fingerprint density at radius 3 is 2.64 bits per heavy atom. The summed E-state index contributed by atoms with van der Waals surface area (Å²) in [7, 11) is 0. The molecule has 0 aliphatic rings. The molecule has 60 valence electrons. The van der Waals surface area contributed by atoms with Crippen molar-refractivity contribution in [3.8, 4) is 0 Å². The molecule has 0 radical (unpaired) electrons. The third kappa shape index (κ3) is 2.69. The minimum atomic E-state index is 0.822. The molecule has 0 bridgehead atoms. The summed E-state index contributed by atoms with van der Waals surface area (Å²) in [5.74, 6) is 2.30. The van der Waals surface area contributed by atoms with E-state index in [0.717, 1.165) is 15.0 Å². The first-order valence-electron chi connectivity index (χ1n) is 3.88. The molecule has 0 amide bonds. The van der Waals surface area contributed by atoms with Gasteiger partial charge in [-0.15, -0.1) is 0 Å². The molecule has 0 saturated heterocycles. The first-order chi connectivity index (χ1) is 5.34. The van der Waals surface area contributed by atoms with Crippen LogP contribution in [0.15, 0.2) is 24.3 Å². The van der Waals surface area contributed by atoms with Crippen LogP contribution in [0.25, 0.3) is 0 Å². The molecule has 0 aromatic heterocycles. The molecule has 0 fully saturated rings. The molecule has 0 saturated carbocycles. The van der Waals surface area contributed by atoms with Gasteiger partial charge in [0, 0.05) is 0 Å². The quantitative estimate of drug-likeness (QED) is 0.677. The second kappa shape index (κ2) is 4.58. The van der Waals surface area contributed by atoms with Gasteiger partial charge in [0.05, 0.1) is 0 Å². The van der Waals surface area contributed by atoms with E-state index >= 15 is 0 Å². The van der Waals surface area contributed by atoms with Crippen molar-refractivity contribution in [2.45, 2.75) is 24.5 Å². The van der Waals surface area contributed by atoms with Gasteiger partial charge < -0.3 is 0 Å². The van der Waals surface area contributed by atoms with Gasteiger partial charge in [-0.1, -0.05) is 0 Å². The van der Waals surface area contributed by atoms with Crippen molar-refractivity contribution in [1.29, 1.82) is 0 Å². The average Bonchev–Trinajstić information content (AvgIpc) is 2.03. The third-order valence-corrected chi connectivity index (χ3v) is 3.12. The van der Waals surface area contributed by atoms with Crippen molar-refractivity contribution in [3.63, 3.8) is 0 Å². The van der Waals surface area contributed by atoms with E-state index in [4.69, 9.17) is 0 Å². The van der Waals surface area contributed by atoms with Crippen LogP contribution in [0.3, 0.4) is 0 Å². The molecule has 0 aliphatic carbocycles. The summed E-state index contributed by atoms with van der Waals surface area (Å²) in [5.41, 5.74) is 2.97. The van der Waals surface area contributed by atoms with Crippen LogP contribution >= 0.6 is 0 Å². The van der Waals surface area contributed by atoms with E-state index in [1.54, 1.807) is 0 Å². The molecule has 0 aliphatic heterocycles. The Morgan fingerprint density at radius 1 is 1.27 bits per heavy atom. The molecule has 0 heterocycles. The molecular weight excluding hydrogens is 199 g/mol. The molecule has 0 spiro atoms. The molecule has 0 unspecified atom stereocenters. The van der Waals surface area contributed by atoms with Crippen molar-refractivity contribution in [3.05, 3.63) is 35.4 Å². The Balaban J connectivity index is 2.62. The van der Waals surface area contributed by atoms with Crippen molar-refractivity contribution in [1.82, 2.24) is 0 Å².